The van der Waals surface area contributed by atoms with E-state index < -0.39 is 11.0 Å². The maximum atomic E-state index is 13.9. The van der Waals surface area contributed by atoms with Crippen LogP contribution in [0, 0.1) is 5.92 Å². The number of rotatable bonds is 4. The van der Waals surface area contributed by atoms with E-state index in [-0.39, 0.29) is 40.6 Å². The number of carbonyl (C=O) groups excluding carboxylic acids is 1. The second-order valence-corrected chi connectivity index (χ2v) is 5.95. The highest BCUT2D eigenvalue weighted by atomic mass is 19.1. The molecule has 0 amide bonds. The van der Waals surface area contributed by atoms with Crippen LogP contribution >= 0.6 is 0 Å². The highest BCUT2D eigenvalue weighted by Gasteiger charge is 2.24. The van der Waals surface area contributed by atoms with E-state index >= 15 is 0 Å². The molecule has 0 saturated heterocycles. The third-order valence-electron chi connectivity index (χ3n) is 3.78. The van der Waals surface area contributed by atoms with Gasteiger partial charge in [0, 0.05) is 18.2 Å². The van der Waals surface area contributed by atoms with Crippen LogP contribution in [0.15, 0.2) is 29.2 Å². The van der Waals surface area contributed by atoms with E-state index in [4.69, 9.17) is 15.7 Å². The Morgan fingerprint density at radius 2 is 2.12 bits per heavy atom. The molecule has 4 radical (unpaired) electrons. The van der Waals surface area contributed by atoms with Crippen molar-refractivity contribution in [1.29, 1.82) is 0 Å². The Balaban J connectivity index is 2.39. The van der Waals surface area contributed by atoms with E-state index in [1.807, 2.05) is 0 Å². The molecule has 0 aliphatic heterocycles. The number of alkyl halides is 1. The number of Topliss-reactive ketones (excluding diaryl/α,β-unsaturated/α-hetero) is 1. The molecule has 24 heavy (non-hydrogen) atoms. The molecule has 0 aliphatic rings. The lowest BCUT2D eigenvalue weighted by molar-refractivity contribution is -0.122. The Bertz CT molecular complexity index is 1000. The third-order valence-corrected chi connectivity index (χ3v) is 3.78. The fourth-order valence-electron chi connectivity index (χ4n) is 2.38. The number of nitrogens with zero attached hydrogens (tertiary/aromatic N) is 4. The van der Waals surface area contributed by atoms with Gasteiger partial charge in [0.25, 0.3) is 5.56 Å². The standard InChI is InChI=1S/C15H13B2FN4O2/c1-8(2)10(23)7-21-12-6-11(15(16,17)18)20-22(12)13-9(14(21)24)4-3-5-19-13/h3-6,8H,7H2,1-2H3. The molecule has 118 valence electrons. The zero-order chi connectivity index (χ0) is 17.6. The first-order valence-electron chi connectivity index (χ1n) is 7.37. The number of halogens is 1. The zero-order valence-corrected chi connectivity index (χ0v) is 13.2. The van der Waals surface area contributed by atoms with E-state index in [0.29, 0.717) is 0 Å². The number of aromatic nitrogens is 4. The highest BCUT2D eigenvalue weighted by Crippen LogP contribution is 2.20. The van der Waals surface area contributed by atoms with Gasteiger partial charge in [-0.1, -0.05) is 13.8 Å². The quantitative estimate of drug-likeness (QED) is 0.663. The Morgan fingerprint density at radius 1 is 1.42 bits per heavy atom. The number of hydrogen-bond donors (Lipinski definition) is 0. The van der Waals surface area contributed by atoms with Crippen molar-refractivity contribution in [3.05, 3.63) is 40.4 Å². The molecule has 9 heteroatoms. The van der Waals surface area contributed by atoms with Crippen LogP contribution in [-0.2, 0) is 16.8 Å². The van der Waals surface area contributed by atoms with Crippen molar-refractivity contribution in [2.24, 2.45) is 5.92 Å². The lowest BCUT2D eigenvalue weighted by Crippen LogP contribution is -2.28. The summed E-state index contributed by atoms with van der Waals surface area (Å²) in [7, 11) is 10.5. The zero-order valence-electron chi connectivity index (χ0n) is 13.2. The van der Waals surface area contributed by atoms with Gasteiger partial charge < -0.3 is 0 Å². The van der Waals surface area contributed by atoms with Gasteiger partial charge >= 0.3 is 0 Å². The van der Waals surface area contributed by atoms with E-state index in [1.54, 1.807) is 26.0 Å². The maximum Gasteiger partial charge on any atom is 0.263 e. The fraction of sp³-hybridized carbons (Fsp3) is 0.333. The molecule has 0 bridgehead atoms. The number of pyridine rings is 1. The minimum Gasteiger partial charge on any atom is -0.297 e. The van der Waals surface area contributed by atoms with Crippen LogP contribution in [0.3, 0.4) is 0 Å². The summed E-state index contributed by atoms with van der Waals surface area (Å²) >= 11 is 0. The van der Waals surface area contributed by atoms with Crippen LogP contribution in [0.25, 0.3) is 16.7 Å². The molecule has 0 N–H and O–H groups in total. The Kier molecular flexibility index (Phi) is 3.81. The van der Waals surface area contributed by atoms with Crippen molar-refractivity contribution in [1.82, 2.24) is 19.2 Å². The van der Waals surface area contributed by atoms with Crippen LogP contribution < -0.4 is 5.56 Å². The molecule has 0 atom stereocenters. The van der Waals surface area contributed by atoms with Crippen molar-refractivity contribution in [2.45, 2.75) is 25.9 Å². The predicted octanol–water partition coefficient (Wildman–Crippen LogP) is 0.686. The van der Waals surface area contributed by atoms with Gasteiger partial charge in [0.2, 0.25) is 0 Å². The van der Waals surface area contributed by atoms with Crippen LogP contribution in [-0.4, -0.2) is 40.6 Å². The fourth-order valence-corrected chi connectivity index (χ4v) is 2.38. The van der Waals surface area contributed by atoms with Gasteiger partial charge in [0.1, 0.15) is 21.3 Å². The summed E-state index contributed by atoms with van der Waals surface area (Å²) < 4.78 is 16.4. The molecule has 3 aromatic heterocycles. The molecular weight excluding hydrogens is 309 g/mol. The van der Waals surface area contributed by atoms with Crippen molar-refractivity contribution in [2.75, 3.05) is 0 Å². The Morgan fingerprint density at radius 3 is 2.75 bits per heavy atom. The minimum absolute atomic E-state index is 0.142. The van der Waals surface area contributed by atoms with Gasteiger partial charge in [-0.2, -0.15) is 9.61 Å². The highest BCUT2D eigenvalue weighted by molar-refractivity contribution is 6.38. The number of fused-ring (bicyclic) bond motifs is 3. The molecule has 0 fully saturated rings. The van der Waals surface area contributed by atoms with Gasteiger partial charge in [-0.15, -0.1) is 0 Å². The summed E-state index contributed by atoms with van der Waals surface area (Å²) in [5, 5.41) is 4.28. The molecule has 3 aromatic rings. The first-order valence-corrected chi connectivity index (χ1v) is 7.37. The number of hydrogen-bond acceptors (Lipinski definition) is 4. The largest absolute Gasteiger partial charge is 0.297 e. The molecule has 3 heterocycles. The summed E-state index contributed by atoms with van der Waals surface area (Å²) in [6, 6.07) is 4.42. The van der Waals surface area contributed by atoms with Gasteiger partial charge in [-0.25, -0.2) is 4.98 Å². The number of carbonyl (C=O) groups is 1. The van der Waals surface area contributed by atoms with Crippen LogP contribution in [0.2, 0.25) is 0 Å². The molecule has 0 unspecified atom stereocenters. The van der Waals surface area contributed by atoms with Crippen molar-refractivity contribution >= 4 is 38.2 Å². The maximum absolute atomic E-state index is 13.9. The lowest BCUT2D eigenvalue weighted by atomic mass is 9.65. The second-order valence-electron chi connectivity index (χ2n) is 5.95. The van der Waals surface area contributed by atoms with Crippen molar-refractivity contribution in [3.8, 4) is 0 Å². The van der Waals surface area contributed by atoms with Crippen molar-refractivity contribution < 1.29 is 9.18 Å². The van der Waals surface area contributed by atoms with Gasteiger partial charge in [0.05, 0.1) is 23.1 Å². The second kappa shape index (κ2) is 5.58. The average Bonchev–Trinajstić information content (AvgIpc) is 2.96. The molecule has 6 nitrogen and oxygen atoms in total. The minimum atomic E-state index is -2.67. The summed E-state index contributed by atoms with van der Waals surface area (Å²) in [6.45, 7) is 3.31. The topological polar surface area (TPSA) is 69.3 Å². The Hall–Kier alpha value is -2.44. The predicted molar refractivity (Wildman–Crippen MR) is 88.9 cm³/mol. The normalized spacial score (nSPS) is 12.3. The first kappa shape index (κ1) is 16.4. The average molecular weight is 322 g/mol. The lowest BCUT2D eigenvalue weighted by Gasteiger charge is -2.11. The SMILES string of the molecule is [B]C([B])(F)c1cc2n(CC(=O)C(C)C)c(=O)c3cccnc3n2n1. The van der Waals surface area contributed by atoms with E-state index in [0.717, 1.165) is 0 Å². The molecule has 0 aromatic carbocycles. The monoisotopic (exact) mass is 322 g/mol. The first-order chi connectivity index (χ1) is 11.2. The van der Waals surface area contributed by atoms with Crippen LogP contribution in [0.4, 0.5) is 4.39 Å². The Labute approximate surface area is 139 Å². The van der Waals surface area contributed by atoms with E-state index in [1.165, 1.54) is 21.3 Å². The van der Waals surface area contributed by atoms with E-state index in [2.05, 4.69) is 10.1 Å². The van der Waals surface area contributed by atoms with Crippen LogP contribution in [0.5, 0.6) is 0 Å². The van der Waals surface area contributed by atoms with E-state index in [9.17, 15) is 14.0 Å². The summed E-state index contributed by atoms with van der Waals surface area (Å²) in [5.74, 6) is -0.398. The summed E-state index contributed by atoms with van der Waals surface area (Å²) in [4.78, 5) is 29.0. The molecular formula is C15H13B2FN4O2. The number of ketones is 1. The van der Waals surface area contributed by atoms with Gasteiger partial charge in [-0.3, -0.25) is 18.5 Å². The van der Waals surface area contributed by atoms with Crippen LogP contribution in [0.1, 0.15) is 19.5 Å². The molecule has 3 rings (SSSR count). The van der Waals surface area contributed by atoms with Gasteiger partial charge in [0.15, 0.2) is 11.4 Å². The summed E-state index contributed by atoms with van der Waals surface area (Å²) in [5.41, 5.74) is -2.90. The molecule has 0 saturated carbocycles. The smallest absolute Gasteiger partial charge is 0.263 e. The molecule has 0 aliphatic carbocycles. The van der Waals surface area contributed by atoms with Gasteiger partial charge in [-0.05, 0) is 12.1 Å². The van der Waals surface area contributed by atoms with Crippen molar-refractivity contribution in [3.63, 3.8) is 0 Å². The third kappa shape index (κ3) is 2.64. The molecule has 0 spiro atoms. The summed E-state index contributed by atoms with van der Waals surface area (Å²) in [6.07, 6.45) is 1.49.